The van der Waals surface area contributed by atoms with Crippen LogP contribution >= 0.6 is 0 Å². The molecule has 0 atom stereocenters. The lowest BCUT2D eigenvalue weighted by molar-refractivity contribution is -0.151. The summed E-state index contributed by atoms with van der Waals surface area (Å²) in [5.74, 6) is 0.256. The quantitative estimate of drug-likeness (QED) is 0.445. The van der Waals surface area contributed by atoms with Crippen LogP contribution in [-0.2, 0) is 19.1 Å². The molecular formula is C25H33N3O7. The van der Waals surface area contributed by atoms with Crippen molar-refractivity contribution in [3.8, 4) is 17.1 Å². The molecule has 1 aromatic heterocycles. The molecule has 3 rings (SSSR count). The fraction of sp³-hybridized carbons (Fsp3) is 0.520. The fourth-order valence-corrected chi connectivity index (χ4v) is 4.04. The molecule has 2 amide bonds. The van der Waals surface area contributed by atoms with Crippen molar-refractivity contribution < 1.29 is 33.1 Å². The van der Waals surface area contributed by atoms with Crippen LogP contribution in [0.3, 0.4) is 0 Å². The van der Waals surface area contributed by atoms with E-state index in [-0.39, 0.29) is 42.4 Å². The van der Waals surface area contributed by atoms with Crippen molar-refractivity contribution in [1.29, 1.82) is 0 Å². The number of para-hydroxylation sites is 1. The van der Waals surface area contributed by atoms with Crippen molar-refractivity contribution in [1.82, 2.24) is 15.0 Å². The molecule has 0 bridgehead atoms. The Kier molecular flexibility index (Phi) is 9.66. The van der Waals surface area contributed by atoms with Crippen LogP contribution in [0.15, 0.2) is 34.9 Å². The minimum absolute atomic E-state index is 0.0580. The molecule has 2 aromatic rings. The molecule has 2 heterocycles. The summed E-state index contributed by atoms with van der Waals surface area (Å²) in [6, 6.07) is 8.87. The van der Waals surface area contributed by atoms with Gasteiger partial charge in [-0.2, -0.15) is 0 Å². The normalized spacial score (nSPS) is 14.0. The van der Waals surface area contributed by atoms with Crippen molar-refractivity contribution >= 4 is 17.8 Å². The van der Waals surface area contributed by atoms with E-state index in [2.05, 4.69) is 5.16 Å². The summed E-state index contributed by atoms with van der Waals surface area (Å²) in [7, 11) is 3.11. The minimum atomic E-state index is -0.347. The Bertz CT molecular complexity index is 998. The van der Waals surface area contributed by atoms with E-state index in [9.17, 15) is 14.4 Å². The van der Waals surface area contributed by atoms with Crippen molar-refractivity contribution in [3.05, 3.63) is 36.0 Å². The van der Waals surface area contributed by atoms with E-state index in [1.807, 2.05) is 18.2 Å². The number of ether oxygens (including phenoxy) is 3. The number of esters is 1. The molecule has 0 spiro atoms. The first-order valence-corrected chi connectivity index (χ1v) is 11.8. The van der Waals surface area contributed by atoms with Crippen LogP contribution in [0.5, 0.6) is 5.75 Å². The molecule has 10 nitrogen and oxygen atoms in total. The number of hydrogen-bond acceptors (Lipinski definition) is 8. The molecule has 1 aromatic carbocycles. The van der Waals surface area contributed by atoms with Gasteiger partial charge in [0, 0.05) is 45.8 Å². The van der Waals surface area contributed by atoms with Crippen LogP contribution in [0.1, 0.15) is 36.7 Å². The Hall–Kier alpha value is -3.40. The Morgan fingerprint density at radius 2 is 1.89 bits per heavy atom. The maximum absolute atomic E-state index is 13.2. The van der Waals surface area contributed by atoms with Gasteiger partial charge in [0.2, 0.25) is 5.91 Å². The zero-order valence-corrected chi connectivity index (χ0v) is 20.5. The van der Waals surface area contributed by atoms with E-state index in [0.29, 0.717) is 62.8 Å². The number of rotatable bonds is 11. The Labute approximate surface area is 205 Å². The van der Waals surface area contributed by atoms with E-state index < -0.39 is 0 Å². The average Bonchev–Trinajstić information content (AvgIpc) is 3.38. The van der Waals surface area contributed by atoms with E-state index >= 15 is 0 Å². The predicted octanol–water partition coefficient (Wildman–Crippen LogP) is 2.63. The first-order chi connectivity index (χ1) is 17.0. The highest BCUT2D eigenvalue weighted by Crippen LogP contribution is 2.30. The number of carbonyl (C=O) groups excluding carboxylic acids is 3. The Morgan fingerprint density at radius 3 is 2.57 bits per heavy atom. The lowest BCUT2D eigenvalue weighted by atomic mass is 9.97. The highest BCUT2D eigenvalue weighted by molar-refractivity contribution is 5.93. The smallest absolute Gasteiger partial charge is 0.309 e. The van der Waals surface area contributed by atoms with Gasteiger partial charge in [0.05, 0.1) is 31.8 Å². The van der Waals surface area contributed by atoms with Crippen LogP contribution in [0, 0.1) is 5.92 Å². The summed E-state index contributed by atoms with van der Waals surface area (Å²) in [5, 5.41) is 3.95. The van der Waals surface area contributed by atoms with Gasteiger partial charge in [0.15, 0.2) is 11.5 Å². The highest BCUT2D eigenvalue weighted by atomic mass is 16.5. The van der Waals surface area contributed by atoms with Crippen molar-refractivity contribution in [3.63, 3.8) is 0 Å². The lowest BCUT2D eigenvalue weighted by Crippen LogP contribution is -2.43. The average molecular weight is 488 g/mol. The van der Waals surface area contributed by atoms with Crippen molar-refractivity contribution in [2.45, 2.75) is 26.2 Å². The molecule has 10 heteroatoms. The standard InChI is InChI=1S/C25H33N3O7/c1-4-34-25(31)18-9-12-27(13-10-18)23(29)11-14-28(15-16-32-2)24(30)20-17-22(35-26-20)19-7-5-6-8-21(19)33-3/h5-8,17-18H,4,9-16H2,1-3H3. The number of piperidine rings is 1. The second-order valence-corrected chi connectivity index (χ2v) is 8.22. The maximum atomic E-state index is 13.2. The van der Waals surface area contributed by atoms with Gasteiger partial charge in [-0.05, 0) is 31.9 Å². The number of aromatic nitrogens is 1. The number of benzene rings is 1. The topological polar surface area (TPSA) is 111 Å². The molecule has 0 radical (unpaired) electrons. The zero-order valence-electron chi connectivity index (χ0n) is 20.5. The summed E-state index contributed by atoms with van der Waals surface area (Å²) in [5.41, 5.74) is 0.830. The number of carbonyl (C=O) groups is 3. The third-order valence-electron chi connectivity index (χ3n) is 6.02. The SMILES string of the molecule is CCOC(=O)C1CCN(C(=O)CCN(CCOC)C(=O)c2cc(-c3ccccc3OC)on2)CC1. The molecule has 1 saturated heterocycles. The summed E-state index contributed by atoms with van der Waals surface area (Å²) in [6.45, 7) is 3.99. The Morgan fingerprint density at radius 1 is 1.14 bits per heavy atom. The van der Waals surface area contributed by atoms with Gasteiger partial charge in [-0.25, -0.2) is 0 Å². The van der Waals surface area contributed by atoms with E-state index in [4.69, 9.17) is 18.7 Å². The van der Waals surface area contributed by atoms with Crippen molar-refractivity contribution in [2.75, 3.05) is 53.6 Å². The van der Waals surface area contributed by atoms with Gasteiger partial charge in [-0.1, -0.05) is 17.3 Å². The molecule has 35 heavy (non-hydrogen) atoms. The first kappa shape index (κ1) is 26.2. The summed E-state index contributed by atoms with van der Waals surface area (Å²) < 4.78 is 21.0. The molecule has 0 saturated carbocycles. The second kappa shape index (κ2) is 12.9. The number of amides is 2. The minimum Gasteiger partial charge on any atom is -0.496 e. The maximum Gasteiger partial charge on any atom is 0.309 e. The molecule has 0 aliphatic carbocycles. The first-order valence-electron chi connectivity index (χ1n) is 11.8. The van der Waals surface area contributed by atoms with E-state index in [0.717, 1.165) is 0 Å². The molecule has 0 unspecified atom stereocenters. The largest absolute Gasteiger partial charge is 0.496 e. The van der Waals surface area contributed by atoms with Crippen LogP contribution in [-0.4, -0.2) is 86.4 Å². The van der Waals surface area contributed by atoms with Gasteiger partial charge >= 0.3 is 5.97 Å². The van der Waals surface area contributed by atoms with Crippen molar-refractivity contribution in [2.24, 2.45) is 5.92 Å². The molecule has 0 N–H and O–H groups in total. The third kappa shape index (κ3) is 6.82. The fourth-order valence-electron chi connectivity index (χ4n) is 4.04. The summed E-state index contributed by atoms with van der Waals surface area (Å²) in [6.07, 6.45) is 1.33. The number of hydrogen-bond donors (Lipinski definition) is 0. The number of nitrogens with zero attached hydrogens (tertiary/aromatic N) is 3. The van der Waals surface area contributed by atoms with Crippen LogP contribution in [0.2, 0.25) is 0 Å². The molecule has 1 aliphatic heterocycles. The molecule has 1 fully saturated rings. The Balaban J connectivity index is 1.60. The van der Waals surface area contributed by atoms with Gasteiger partial charge in [-0.15, -0.1) is 0 Å². The third-order valence-corrected chi connectivity index (χ3v) is 6.02. The second-order valence-electron chi connectivity index (χ2n) is 8.22. The van der Waals surface area contributed by atoms with Gasteiger partial charge in [0.1, 0.15) is 5.75 Å². The van der Waals surface area contributed by atoms with Crippen LogP contribution < -0.4 is 4.74 Å². The highest BCUT2D eigenvalue weighted by Gasteiger charge is 2.29. The summed E-state index contributed by atoms with van der Waals surface area (Å²) in [4.78, 5) is 41.2. The summed E-state index contributed by atoms with van der Waals surface area (Å²) >= 11 is 0. The van der Waals surface area contributed by atoms with Gasteiger partial charge < -0.3 is 28.5 Å². The van der Waals surface area contributed by atoms with Crippen LogP contribution in [0.25, 0.3) is 11.3 Å². The molecule has 1 aliphatic rings. The lowest BCUT2D eigenvalue weighted by Gasteiger charge is -2.31. The van der Waals surface area contributed by atoms with E-state index in [1.54, 1.807) is 38.2 Å². The van der Waals surface area contributed by atoms with Gasteiger partial charge in [0.25, 0.3) is 5.91 Å². The predicted molar refractivity (Wildman–Crippen MR) is 127 cm³/mol. The van der Waals surface area contributed by atoms with Gasteiger partial charge in [-0.3, -0.25) is 14.4 Å². The number of likely N-dealkylation sites (tertiary alicyclic amines) is 1. The molecular weight excluding hydrogens is 454 g/mol. The zero-order chi connectivity index (χ0) is 25.2. The number of methoxy groups -OCH3 is 2. The van der Waals surface area contributed by atoms with E-state index in [1.165, 1.54) is 4.90 Å². The van der Waals surface area contributed by atoms with Crippen LogP contribution in [0.4, 0.5) is 0 Å². The molecule has 190 valence electrons. The monoisotopic (exact) mass is 487 g/mol.